The predicted molar refractivity (Wildman–Crippen MR) is 108 cm³/mol. The van der Waals surface area contributed by atoms with Gasteiger partial charge in [-0.25, -0.2) is 4.98 Å². The Morgan fingerprint density at radius 2 is 2.00 bits per heavy atom. The molecule has 3 rings (SSSR count). The molecule has 2 aromatic carbocycles. The van der Waals surface area contributed by atoms with Crippen LogP contribution in [0.5, 0.6) is 5.75 Å². The number of benzene rings is 2. The summed E-state index contributed by atoms with van der Waals surface area (Å²) in [5, 5.41) is 10.7. The van der Waals surface area contributed by atoms with Gasteiger partial charge in [-0.1, -0.05) is 42.3 Å². The van der Waals surface area contributed by atoms with Crippen molar-refractivity contribution in [3.63, 3.8) is 0 Å². The zero-order valence-electron chi connectivity index (χ0n) is 14.4. The summed E-state index contributed by atoms with van der Waals surface area (Å²) >= 11 is 12.5. The highest BCUT2D eigenvalue weighted by Crippen LogP contribution is 2.35. The van der Waals surface area contributed by atoms with Gasteiger partial charge >= 0.3 is 0 Å². The Bertz CT molecular complexity index is 1110. The quantitative estimate of drug-likeness (QED) is 0.606. The Balaban J connectivity index is 2.05. The van der Waals surface area contributed by atoms with Crippen LogP contribution in [-0.4, -0.2) is 16.6 Å². The molecule has 0 radical (unpaired) electrons. The molecule has 0 atom stereocenters. The van der Waals surface area contributed by atoms with Crippen molar-refractivity contribution in [3.05, 3.63) is 68.2 Å². The van der Waals surface area contributed by atoms with E-state index >= 15 is 0 Å². The van der Waals surface area contributed by atoms with E-state index in [9.17, 15) is 10.1 Å². The number of hydrogen-bond donors (Lipinski definition) is 1. The second-order valence-corrected chi connectivity index (χ2v) is 6.58. The fourth-order valence-electron chi connectivity index (χ4n) is 2.54. The van der Waals surface area contributed by atoms with Crippen molar-refractivity contribution < 1.29 is 4.74 Å². The number of halogens is 2. The zero-order valence-corrected chi connectivity index (χ0v) is 15.9. The number of nitrogens with one attached hydrogen (secondary N) is 1. The standard InChI is InChI=1S/C20H15Cl2N3O2/c1-2-7-27-18-15(21)9-12(10-16(18)22)8-13(11-23)19-24-17-6-4-3-5-14(17)20(26)25-19/h3-6,8-10H,2,7H2,1H3,(H,24,25,26)/b13-8-. The molecular weight excluding hydrogens is 385 g/mol. The van der Waals surface area contributed by atoms with Crippen molar-refractivity contribution in [2.24, 2.45) is 0 Å². The summed E-state index contributed by atoms with van der Waals surface area (Å²) in [6.07, 6.45) is 2.39. The number of para-hydroxylation sites is 1. The number of allylic oxidation sites excluding steroid dienone is 1. The van der Waals surface area contributed by atoms with Crippen LogP contribution in [0.15, 0.2) is 41.2 Å². The minimum absolute atomic E-state index is 0.180. The summed E-state index contributed by atoms with van der Waals surface area (Å²) in [6.45, 7) is 2.48. The monoisotopic (exact) mass is 399 g/mol. The third-order valence-electron chi connectivity index (χ3n) is 3.77. The first-order valence-corrected chi connectivity index (χ1v) is 9.02. The van der Waals surface area contributed by atoms with Gasteiger partial charge in [-0.3, -0.25) is 4.79 Å². The molecule has 3 aromatic rings. The molecule has 7 heteroatoms. The summed E-state index contributed by atoms with van der Waals surface area (Å²) in [7, 11) is 0. The normalized spacial score (nSPS) is 11.4. The van der Waals surface area contributed by atoms with E-state index in [0.29, 0.717) is 38.9 Å². The van der Waals surface area contributed by atoms with Gasteiger partial charge in [0.25, 0.3) is 5.56 Å². The number of nitriles is 1. The van der Waals surface area contributed by atoms with Gasteiger partial charge in [-0.2, -0.15) is 5.26 Å². The second kappa shape index (κ2) is 8.26. The molecule has 136 valence electrons. The van der Waals surface area contributed by atoms with Gasteiger partial charge in [-0.15, -0.1) is 0 Å². The number of hydrogen-bond acceptors (Lipinski definition) is 4. The highest BCUT2D eigenvalue weighted by molar-refractivity contribution is 6.37. The van der Waals surface area contributed by atoms with Crippen molar-refractivity contribution in [3.8, 4) is 11.8 Å². The highest BCUT2D eigenvalue weighted by atomic mass is 35.5. The van der Waals surface area contributed by atoms with Gasteiger partial charge in [0.1, 0.15) is 6.07 Å². The summed E-state index contributed by atoms with van der Waals surface area (Å²) in [5.41, 5.74) is 0.987. The van der Waals surface area contributed by atoms with E-state index < -0.39 is 0 Å². The van der Waals surface area contributed by atoms with Crippen LogP contribution in [0.4, 0.5) is 0 Å². The van der Waals surface area contributed by atoms with Crippen molar-refractivity contribution >= 4 is 45.8 Å². The van der Waals surface area contributed by atoms with Crippen LogP contribution in [0.3, 0.4) is 0 Å². The van der Waals surface area contributed by atoms with Crippen LogP contribution in [0, 0.1) is 11.3 Å². The third kappa shape index (κ3) is 4.13. The maximum atomic E-state index is 12.2. The van der Waals surface area contributed by atoms with Gasteiger partial charge in [0.05, 0.1) is 33.1 Å². The van der Waals surface area contributed by atoms with Crippen molar-refractivity contribution in [1.29, 1.82) is 5.26 Å². The molecule has 1 heterocycles. The smallest absolute Gasteiger partial charge is 0.259 e. The van der Waals surface area contributed by atoms with E-state index in [0.717, 1.165) is 6.42 Å². The topological polar surface area (TPSA) is 78.8 Å². The van der Waals surface area contributed by atoms with E-state index in [1.54, 1.807) is 42.5 Å². The fraction of sp³-hybridized carbons (Fsp3) is 0.150. The largest absolute Gasteiger partial charge is 0.490 e. The maximum Gasteiger partial charge on any atom is 0.259 e. The number of aromatic nitrogens is 2. The molecule has 0 aliphatic rings. The van der Waals surface area contributed by atoms with Gasteiger partial charge < -0.3 is 9.72 Å². The number of rotatable bonds is 5. The fourth-order valence-corrected chi connectivity index (χ4v) is 3.15. The SMILES string of the molecule is CCCOc1c(Cl)cc(/C=C(/C#N)c2nc3ccccc3c(=O)[nH]2)cc1Cl. The minimum Gasteiger partial charge on any atom is -0.490 e. The van der Waals surface area contributed by atoms with Gasteiger partial charge in [-0.05, 0) is 42.3 Å². The Morgan fingerprint density at radius 3 is 2.67 bits per heavy atom. The second-order valence-electron chi connectivity index (χ2n) is 5.76. The number of nitrogens with zero attached hydrogens (tertiary/aromatic N) is 2. The van der Waals surface area contributed by atoms with Crippen LogP contribution in [0.25, 0.3) is 22.6 Å². The number of ether oxygens (including phenoxy) is 1. The molecule has 0 saturated heterocycles. The molecule has 27 heavy (non-hydrogen) atoms. The average molecular weight is 400 g/mol. The lowest BCUT2D eigenvalue weighted by Gasteiger charge is -2.10. The van der Waals surface area contributed by atoms with E-state index in [-0.39, 0.29) is 17.0 Å². The number of fused-ring (bicyclic) bond motifs is 1. The minimum atomic E-state index is -0.309. The lowest BCUT2D eigenvalue weighted by atomic mass is 10.1. The van der Waals surface area contributed by atoms with E-state index in [1.165, 1.54) is 0 Å². The lowest BCUT2D eigenvalue weighted by Crippen LogP contribution is -2.11. The van der Waals surface area contributed by atoms with Crippen LogP contribution in [0.1, 0.15) is 24.7 Å². The molecule has 0 amide bonds. The van der Waals surface area contributed by atoms with E-state index in [2.05, 4.69) is 16.0 Å². The Hall–Kier alpha value is -2.81. The van der Waals surface area contributed by atoms with Crippen molar-refractivity contribution in [1.82, 2.24) is 9.97 Å². The zero-order chi connectivity index (χ0) is 19.4. The first-order valence-electron chi connectivity index (χ1n) is 8.26. The molecule has 0 spiro atoms. The number of H-pyrrole nitrogens is 1. The Labute approximate surface area is 165 Å². The Morgan fingerprint density at radius 1 is 1.30 bits per heavy atom. The molecule has 0 aliphatic heterocycles. The summed E-state index contributed by atoms with van der Waals surface area (Å²) < 4.78 is 5.54. The maximum absolute atomic E-state index is 12.2. The molecule has 0 saturated carbocycles. The van der Waals surface area contributed by atoms with Crippen LogP contribution >= 0.6 is 23.2 Å². The molecule has 0 fully saturated rings. The Kier molecular flexibility index (Phi) is 5.80. The molecule has 5 nitrogen and oxygen atoms in total. The van der Waals surface area contributed by atoms with Crippen molar-refractivity contribution in [2.45, 2.75) is 13.3 Å². The average Bonchev–Trinajstić information content (AvgIpc) is 2.65. The molecule has 0 aliphatic carbocycles. The first kappa shape index (κ1) is 19.0. The lowest BCUT2D eigenvalue weighted by molar-refractivity contribution is 0.318. The van der Waals surface area contributed by atoms with Crippen molar-refractivity contribution in [2.75, 3.05) is 6.61 Å². The van der Waals surface area contributed by atoms with Gasteiger partial charge in [0, 0.05) is 0 Å². The molecular formula is C20H15Cl2N3O2. The van der Waals surface area contributed by atoms with E-state index in [1.807, 2.05) is 6.92 Å². The summed E-state index contributed by atoms with van der Waals surface area (Å²) in [6, 6.07) is 12.3. The molecule has 1 aromatic heterocycles. The predicted octanol–water partition coefficient (Wildman–Crippen LogP) is 5.08. The molecule has 0 unspecified atom stereocenters. The molecule has 1 N–H and O–H groups in total. The first-order chi connectivity index (χ1) is 13.0. The molecule has 0 bridgehead atoms. The van der Waals surface area contributed by atoms with Gasteiger partial charge in [0.15, 0.2) is 11.6 Å². The summed E-state index contributed by atoms with van der Waals surface area (Å²) in [5.74, 6) is 0.591. The van der Waals surface area contributed by atoms with Crippen LogP contribution in [0.2, 0.25) is 10.0 Å². The van der Waals surface area contributed by atoms with Crippen LogP contribution in [-0.2, 0) is 0 Å². The van der Waals surface area contributed by atoms with Crippen LogP contribution < -0.4 is 10.3 Å². The highest BCUT2D eigenvalue weighted by Gasteiger charge is 2.12. The van der Waals surface area contributed by atoms with Gasteiger partial charge in [0.2, 0.25) is 0 Å². The number of aromatic amines is 1. The van der Waals surface area contributed by atoms with E-state index in [4.69, 9.17) is 27.9 Å². The third-order valence-corrected chi connectivity index (χ3v) is 4.33. The summed E-state index contributed by atoms with van der Waals surface area (Å²) in [4.78, 5) is 19.2.